The Hall–Kier alpha value is -1.55. The fourth-order valence-electron chi connectivity index (χ4n) is 7.06. The number of ketones is 2. The zero-order chi connectivity index (χ0) is 40.0. The molecule has 0 aromatic rings. The number of aliphatic hydroxyl groups excluding tert-OH is 5. The molecule has 13 heteroatoms. The van der Waals surface area contributed by atoms with Gasteiger partial charge in [-0.05, 0) is 19.3 Å². The number of hydrogen-bond acceptors (Lipinski definition) is 12. The lowest BCUT2D eigenvalue weighted by Crippen LogP contribution is -2.64. The van der Waals surface area contributed by atoms with E-state index in [2.05, 4.69) is 19.2 Å². The van der Waals surface area contributed by atoms with Gasteiger partial charge in [-0.15, -0.1) is 0 Å². The van der Waals surface area contributed by atoms with Gasteiger partial charge in [0, 0.05) is 19.4 Å². The molecule has 1 rings (SSSR count). The number of carboxylic acid groups (broad SMARTS) is 1. The topological polar surface area (TPSA) is 206 Å². The summed E-state index contributed by atoms with van der Waals surface area (Å²) >= 11 is 0. The van der Waals surface area contributed by atoms with Crippen molar-refractivity contribution in [2.75, 3.05) is 39.4 Å². The summed E-state index contributed by atoms with van der Waals surface area (Å²) in [6, 6.07) is -1.02. The number of nitrogens with one attached hydrogen (secondary N) is 1. The Kier molecular flexibility index (Phi) is 30.4. The maximum absolute atomic E-state index is 12.7. The van der Waals surface area contributed by atoms with Gasteiger partial charge in [-0.1, -0.05) is 129 Å². The van der Waals surface area contributed by atoms with Crippen molar-refractivity contribution in [1.29, 1.82) is 0 Å². The van der Waals surface area contributed by atoms with Gasteiger partial charge in [-0.3, -0.25) is 19.3 Å². The predicted molar refractivity (Wildman–Crippen MR) is 209 cm³/mol. The highest BCUT2D eigenvalue weighted by Gasteiger charge is 2.44. The number of carbonyl (C=O) groups excluding carboxylic acids is 2. The number of Topliss-reactive ketones (excluding diaryl/α,β-unsaturated/α-hetero) is 2. The predicted octanol–water partition coefficient (Wildman–Crippen LogP) is 4.66. The summed E-state index contributed by atoms with van der Waals surface area (Å²) < 4.78 is 11.6. The van der Waals surface area contributed by atoms with E-state index in [1.54, 1.807) is 0 Å². The SMILES string of the molecule is CCCCCCCCCCC[C@@H](O)CC(=O)CN[C@H]1[C@H](OCCCN(CC(=O)O)CC(=O)C[C@H](O)CCCCCCCCCCC)O[C@H](CO)[C@@H](O)[C@@H]1O. The highest BCUT2D eigenvalue weighted by Crippen LogP contribution is 2.23. The van der Waals surface area contributed by atoms with Crippen LogP contribution in [0.25, 0.3) is 0 Å². The molecule has 7 atom stereocenters. The molecule has 1 saturated heterocycles. The molecule has 0 aliphatic carbocycles. The van der Waals surface area contributed by atoms with E-state index >= 15 is 0 Å². The van der Waals surface area contributed by atoms with Crippen molar-refractivity contribution in [3.63, 3.8) is 0 Å². The number of aliphatic carboxylic acids is 1. The number of carboxylic acids is 1. The van der Waals surface area contributed by atoms with Gasteiger partial charge in [-0.25, -0.2) is 0 Å². The monoisotopic (exact) mass is 775 g/mol. The second-order valence-corrected chi connectivity index (χ2v) is 15.5. The molecular weight excluding hydrogens is 696 g/mol. The third-order valence-electron chi connectivity index (χ3n) is 10.3. The molecule has 0 spiro atoms. The molecule has 0 bridgehead atoms. The van der Waals surface area contributed by atoms with E-state index in [9.17, 15) is 45.0 Å². The standard InChI is InChI=1S/C41H78N2O11/c1-3-5-7-9-11-13-15-17-19-22-32(45)26-34(47)28-42-38-40(52)39(51)36(31-44)54-41(38)53-25-21-24-43(30-37(49)50)29-35(48)27-33(46)23-20-18-16-14-12-10-8-6-4-2/h32-33,36,38-42,44-46,51-52H,3-31H2,1-2H3,(H,49,50)/t32-,33-,36-,38-,39-,40-,41-/m1/s1. The van der Waals surface area contributed by atoms with Crippen LogP contribution in [0.2, 0.25) is 0 Å². The highest BCUT2D eigenvalue weighted by atomic mass is 16.7. The van der Waals surface area contributed by atoms with E-state index in [0.717, 1.165) is 38.5 Å². The number of unbranched alkanes of at least 4 members (excludes halogenated alkanes) is 16. The first-order valence-corrected chi connectivity index (χ1v) is 21.3. The first-order valence-electron chi connectivity index (χ1n) is 21.3. The number of nitrogens with zero attached hydrogens (tertiary/aromatic N) is 1. The van der Waals surface area contributed by atoms with E-state index in [1.165, 1.54) is 81.9 Å². The zero-order valence-electron chi connectivity index (χ0n) is 33.7. The first-order chi connectivity index (χ1) is 26.0. The second kappa shape index (κ2) is 32.5. The van der Waals surface area contributed by atoms with E-state index in [1.807, 2.05) is 0 Å². The Balaban J connectivity index is 2.48. The largest absolute Gasteiger partial charge is 0.480 e. The average Bonchev–Trinajstić information content (AvgIpc) is 3.12. The Morgan fingerprint density at radius 1 is 0.685 bits per heavy atom. The van der Waals surface area contributed by atoms with Gasteiger partial charge in [0.05, 0.1) is 51.1 Å². The Morgan fingerprint density at radius 2 is 1.17 bits per heavy atom. The van der Waals surface area contributed by atoms with Crippen LogP contribution in [0.5, 0.6) is 0 Å². The lowest BCUT2D eigenvalue weighted by atomic mass is 9.96. The second-order valence-electron chi connectivity index (χ2n) is 15.5. The molecule has 318 valence electrons. The van der Waals surface area contributed by atoms with Crippen LogP contribution in [-0.4, -0.2) is 135 Å². The summed E-state index contributed by atoms with van der Waals surface area (Å²) in [5.74, 6) is -1.61. The van der Waals surface area contributed by atoms with Crippen molar-refractivity contribution in [2.24, 2.45) is 0 Å². The molecule has 0 radical (unpaired) electrons. The van der Waals surface area contributed by atoms with Gasteiger partial charge in [0.2, 0.25) is 0 Å². The van der Waals surface area contributed by atoms with Crippen molar-refractivity contribution in [1.82, 2.24) is 10.2 Å². The number of ether oxygens (including phenoxy) is 2. The van der Waals surface area contributed by atoms with Crippen LogP contribution in [0.15, 0.2) is 0 Å². The molecule has 0 aromatic heterocycles. The van der Waals surface area contributed by atoms with E-state index < -0.39 is 55.4 Å². The molecule has 1 aliphatic rings. The molecule has 1 heterocycles. The third kappa shape index (κ3) is 24.9. The molecule has 13 nitrogen and oxygen atoms in total. The van der Waals surface area contributed by atoms with E-state index in [4.69, 9.17) is 9.47 Å². The molecular formula is C41H78N2O11. The van der Waals surface area contributed by atoms with Crippen LogP contribution in [-0.2, 0) is 23.9 Å². The Bertz CT molecular complexity index is 958. The molecule has 0 aromatic carbocycles. The van der Waals surface area contributed by atoms with Gasteiger partial charge in [0.15, 0.2) is 6.29 Å². The van der Waals surface area contributed by atoms with Gasteiger partial charge in [-0.2, -0.15) is 0 Å². The summed E-state index contributed by atoms with van der Waals surface area (Å²) in [5.41, 5.74) is 0. The molecule has 0 saturated carbocycles. The molecule has 0 unspecified atom stereocenters. The van der Waals surface area contributed by atoms with Gasteiger partial charge < -0.3 is 45.4 Å². The number of carbonyl (C=O) groups is 3. The van der Waals surface area contributed by atoms with Crippen LogP contribution >= 0.6 is 0 Å². The van der Waals surface area contributed by atoms with Crippen molar-refractivity contribution in [2.45, 2.75) is 204 Å². The average molecular weight is 775 g/mol. The maximum atomic E-state index is 12.7. The number of aliphatic hydroxyl groups is 5. The van der Waals surface area contributed by atoms with Gasteiger partial charge in [0.1, 0.15) is 29.9 Å². The van der Waals surface area contributed by atoms with Crippen LogP contribution < -0.4 is 5.32 Å². The number of hydrogen-bond donors (Lipinski definition) is 7. The fourth-order valence-corrected chi connectivity index (χ4v) is 7.06. The quantitative estimate of drug-likeness (QED) is 0.0430. The van der Waals surface area contributed by atoms with Crippen molar-refractivity contribution in [3.8, 4) is 0 Å². The lowest BCUT2D eigenvalue weighted by Gasteiger charge is -2.42. The zero-order valence-corrected chi connectivity index (χ0v) is 33.7. The van der Waals surface area contributed by atoms with E-state index in [0.29, 0.717) is 19.3 Å². The minimum absolute atomic E-state index is 0.0285. The van der Waals surface area contributed by atoms with Crippen molar-refractivity contribution in [3.05, 3.63) is 0 Å². The molecule has 7 N–H and O–H groups in total. The summed E-state index contributed by atoms with van der Waals surface area (Å²) in [4.78, 5) is 38.4. The van der Waals surface area contributed by atoms with E-state index in [-0.39, 0.29) is 57.2 Å². The lowest BCUT2D eigenvalue weighted by molar-refractivity contribution is -0.270. The number of rotatable bonds is 37. The maximum Gasteiger partial charge on any atom is 0.317 e. The summed E-state index contributed by atoms with van der Waals surface area (Å²) in [6.07, 6.45) is 15.5. The molecule has 1 aliphatic heterocycles. The van der Waals surface area contributed by atoms with Crippen molar-refractivity contribution >= 4 is 17.5 Å². The Labute approximate surface area is 325 Å². The van der Waals surface area contributed by atoms with Gasteiger partial charge >= 0.3 is 5.97 Å². The van der Waals surface area contributed by atoms with Gasteiger partial charge in [0.25, 0.3) is 0 Å². The minimum Gasteiger partial charge on any atom is -0.480 e. The normalized spacial score (nSPS) is 21.4. The van der Waals surface area contributed by atoms with Crippen LogP contribution in [0.3, 0.4) is 0 Å². The molecule has 0 amide bonds. The minimum atomic E-state index is -1.44. The fraction of sp³-hybridized carbons (Fsp3) is 0.927. The van der Waals surface area contributed by atoms with Crippen molar-refractivity contribution < 1.29 is 54.5 Å². The third-order valence-corrected chi connectivity index (χ3v) is 10.3. The van der Waals surface area contributed by atoms with Crippen LogP contribution in [0.4, 0.5) is 0 Å². The Morgan fingerprint density at radius 3 is 1.65 bits per heavy atom. The first kappa shape index (κ1) is 50.5. The summed E-state index contributed by atoms with van der Waals surface area (Å²) in [7, 11) is 0. The molecule has 1 fully saturated rings. The smallest absolute Gasteiger partial charge is 0.317 e. The highest BCUT2D eigenvalue weighted by molar-refractivity contribution is 5.81. The summed E-state index contributed by atoms with van der Waals surface area (Å²) in [6.45, 7) is 3.36. The summed E-state index contributed by atoms with van der Waals surface area (Å²) in [5, 5.41) is 64.1. The van der Waals surface area contributed by atoms with Crippen LogP contribution in [0, 0.1) is 0 Å². The van der Waals surface area contributed by atoms with Crippen LogP contribution in [0.1, 0.15) is 162 Å². The molecule has 54 heavy (non-hydrogen) atoms.